The predicted molar refractivity (Wildman–Crippen MR) is 60.8 cm³/mol. The van der Waals surface area contributed by atoms with Crippen molar-refractivity contribution < 1.29 is 19.2 Å². The van der Waals surface area contributed by atoms with Crippen molar-refractivity contribution in [2.24, 2.45) is 0 Å². The highest BCUT2D eigenvalue weighted by Gasteiger charge is 2.32. The molecular formula is C11H11N3O4. The molecule has 2 N–H and O–H groups in total. The number of hydroxylamine groups is 2. The van der Waals surface area contributed by atoms with Crippen LogP contribution in [0.15, 0.2) is 30.3 Å². The van der Waals surface area contributed by atoms with Crippen molar-refractivity contribution in [2.45, 2.75) is 12.8 Å². The van der Waals surface area contributed by atoms with E-state index in [1.165, 1.54) is 0 Å². The maximum Gasteiger partial charge on any atom is 0.450 e. The fraction of sp³-hybridized carbons (Fsp3) is 0.182. The van der Waals surface area contributed by atoms with Crippen molar-refractivity contribution in [3.8, 4) is 0 Å². The first-order valence-corrected chi connectivity index (χ1v) is 5.31. The minimum absolute atomic E-state index is 0.0677. The summed E-state index contributed by atoms with van der Waals surface area (Å²) in [5.74, 6) is -1.04. The number of nitrogens with one attached hydrogen (secondary N) is 2. The number of hydrazine groups is 1. The van der Waals surface area contributed by atoms with Crippen LogP contribution < -0.4 is 10.9 Å². The standard InChI is InChI=1S/C11H11N3O4/c15-9-6-7-10(16)14(9)18-11(17)13-12-8-4-2-1-3-5-8/h1-5,12H,6-7H2,(H,13,17). The molecular weight excluding hydrogens is 238 g/mol. The first kappa shape index (κ1) is 11.9. The number of imide groups is 1. The zero-order valence-electron chi connectivity index (χ0n) is 9.38. The van der Waals surface area contributed by atoms with Crippen LogP contribution in [0.2, 0.25) is 0 Å². The molecule has 1 aromatic rings. The van der Waals surface area contributed by atoms with E-state index < -0.39 is 17.9 Å². The Kier molecular flexibility index (Phi) is 3.42. The minimum atomic E-state index is -0.928. The van der Waals surface area contributed by atoms with Crippen LogP contribution in [0.3, 0.4) is 0 Å². The van der Waals surface area contributed by atoms with E-state index in [0.29, 0.717) is 10.8 Å². The van der Waals surface area contributed by atoms with E-state index >= 15 is 0 Å². The van der Waals surface area contributed by atoms with Gasteiger partial charge in [-0.05, 0) is 12.1 Å². The summed E-state index contributed by atoms with van der Waals surface area (Å²) < 4.78 is 0. The van der Waals surface area contributed by atoms with Gasteiger partial charge in [0.05, 0.1) is 5.69 Å². The summed E-state index contributed by atoms with van der Waals surface area (Å²) in [7, 11) is 0. The number of anilines is 1. The molecule has 0 saturated carbocycles. The van der Waals surface area contributed by atoms with E-state index in [1.807, 2.05) is 6.07 Å². The molecule has 18 heavy (non-hydrogen) atoms. The van der Waals surface area contributed by atoms with Crippen molar-refractivity contribution in [2.75, 3.05) is 5.43 Å². The van der Waals surface area contributed by atoms with Crippen molar-refractivity contribution in [1.82, 2.24) is 10.5 Å². The predicted octanol–water partition coefficient (Wildman–Crippen LogP) is 0.804. The summed E-state index contributed by atoms with van der Waals surface area (Å²) >= 11 is 0. The van der Waals surface area contributed by atoms with Crippen LogP contribution in [0, 0.1) is 0 Å². The number of carbonyl (C=O) groups is 3. The number of hydrogen-bond acceptors (Lipinski definition) is 5. The van der Waals surface area contributed by atoms with Crippen LogP contribution in [0.5, 0.6) is 0 Å². The number of nitrogens with zero attached hydrogens (tertiary/aromatic N) is 1. The van der Waals surface area contributed by atoms with E-state index in [0.717, 1.165) is 0 Å². The van der Waals surface area contributed by atoms with Crippen molar-refractivity contribution in [3.63, 3.8) is 0 Å². The summed E-state index contributed by atoms with van der Waals surface area (Å²) in [6, 6.07) is 8.84. The molecule has 0 radical (unpaired) electrons. The number of amides is 3. The van der Waals surface area contributed by atoms with Gasteiger partial charge in [0.25, 0.3) is 11.8 Å². The van der Waals surface area contributed by atoms with Gasteiger partial charge in [-0.25, -0.2) is 10.2 Å². The largest absolute Gasteiger partial charge is 0.450 e. The molecule has 1 heterocycles. The Labute approximate surface area is 103 Å². The highest BCUT2D eigenvalue weighted by molar-refractivity contribution is 6.01. The monoisotopic (exact) mass is 249 g/mol. The molecule has 1 aromatic carbocycles. The number of para-hydroxylation sites is 1. The lowest BCUT2D eigenvalue weighted by atomic mass is 10.3. The lowest BCUT2D eigenvalue weighted by Crippen LogP contribution is -2.39. The molecule has 7 heteroatoms. The normalized spacial score (nSPS) is 14.6. The van der Waals surface area contributed by atoms with Crippen LogP contribution in [-0.2, 0) is 14.4 Å². The summed E-state index contributed by atoms with van der Waals surface area (Å²) in [4.78, 5) is 38.2. The number of benzene rings is 1. The molecule has 0 aliphatic carbocycles. The average molecular weight is 249 g/mol. The zero-order valence-corrected chi connectivity index (χ0v) is 9.38. The number of carbonyl (C=O) groups excluding carboxylic acids is 3. The van der Waals surface area contributed by atoms with Crippen LogP contribution >= 0.6 is 0 Å². The maximum absolute atomic E-state index is 11.3. The van der Waals surface area contributed by atoms with Gasteiger partial charge in [0.15, 0.2) is 0 Å². The first-order chi connectivity index (χ1) is 8.66. The van der Waals surface area contributed by atoms with E-state index in [9.17, 15) is 14.4 Å². The fourth-order valence-corrected chi connectivity index (χ4v) is 1.41. The van der Waals surface area contributed by atoms with Gasteiger partial charge in [0, 0.05) is 12.8 Å². The molecule has 1 fully saturated rings. The summed E-state index contributed by atoms with van der Waals surface area (Å²) in [6.07, 6.45) is -0.793. The van der Waals surface area contributed by atoms with Crippen LogP contribution in [0.1, 0.15) is 12.8 Å². The van der Waals surface area contributed by atoms with Crippen LogP contribution in [0.4, 0.5) is 10.5 Å². The Balaban J connectivity index is 1.82. The van der Waals surface area contributed by atoms with E-state index in [1.54, 1.807) is 24.3 Å². The second-order valence-electron chi connectivity index (χ2n) is 3.58. The highest BCUT2D eigenvalue weighted by atomic mass is 16.7. The van der Waals surface area contributed by atoms with Crippen molar-refractivity contribution >= 4 is 23.6 Å². The number of hydrogen-bond donors (Lipinski definition) is 2. The lowest BCUT2D eigenvalue weighted by Gasteiger charge is -2.13. The quantitative estimate of drug-likeness (QED) is 0.611. The SMILES string of the molecule is O=C(NNc1ccccc1)ON1C(=O)CCC1=O. The third kappa shape index (κ3) is 2.76. The van der Waals surface area contributed by atoms with E-state index in [-0.39, 0.29) is 12.8 Å². The Bertz CT molecular complexity index is 458. The molecule has 1 aliphatic heterocycles. The Hall–Kier alpha value is -2.57. The van der Waals surface area contributed by atoms with Crippen molar-refractivity contribution in [3.05, 3.63) is 30.3 Å². The van der Waals surface area contributed by atoms with Crippen LogP contribution in [0.25, 0.3) is 0 Å². The lowest BCUT2D eigenvalue weighted by molar-refractivity contribution is -0.171. The fourth-order valence-electron chi connectivity index (χ4n) is 1.41. The first-order valence-electron chi connectivity index (χ1n) is 5.31. The highest BCUT2D eigenvalue weighted by Crippen LogP contribution is 2.12. The van der Waals surface area contributed by atoms with Gasteiger partial charge < -0.3 is 4.84 Å². The molecule has 94 valence electrons. The van der Waals surface area contributed by atoms with Gasteiger partial charge in [-0.1, -0.05) is 18.2 Å². The maximum atomic E-state index is 11.3. The van der Waals surface area contributed by atoms with Crippen LogP contribution in [-0.4, -0.2) is 23.0 Å². The summed E-state index contributed by atoms with van der Waals surface area (Å²) in [6.45, 7) is 0. The minimum Gasteiger partial charge on any atom is -0.310 e. The topological polar surface area (TPSA) is 87.7 Å². The van der Waals surface area contributed by atoms with E-state index in [4.69, 9.17) is 0 Å². The molecule has 0 atom stereocenters. The number of rotatable bonds is 3. The third-order valence-electron chi connectivity index (χ3n) is 2.26. The average Bonchev–Trinajstić information content (AvgIpc) is 2.69. The summed E-state index contributed by atoms with van der Waals surface area (Å²) in [5, 5.41) is 0.474. The third-order valence-corrected chi connectivity index (χ3v) is 2.26. The molecule has 0 spiro atoms. The van der Waals surface area contributed by atoms with Gasteiger partial charge in [-0.15, -0.1) is 5.06 Å². The molecule has 0 bridgehead atoms. The second-order valence-corrected chi connectivity index (χ2v) is 3.58. The second kappa shape index (κ2) is 5.17. The van der Waals surface area contributed by atoms with Gasteiger partial charge in [0.2, 0.25) is 0 Å². The van der Waals surface area contributed by atoms with Gasteiger partial charge >= 0.3 is 6.09 Å². The van der Waals surface area contributed by atoms with Gasteiger partial charge in [0.1, 0.15) is 0 Å². The van der Waals surface area contributed by atoms with E-state index in [2.05, 4.69) is 15.7 Å². The molecule has 1 saturated heterocycles. The Morgan fingerprint density at radius 3 is 2.33 bits per heavy atom. The molecule has 0 aromatic heterocycles. The molecule has 0 unspecified atom stereocenters. The Morgan fingerprint density at radius 2 is 1.72 bits per heavy atom. The van der Waals surface area contributed by atoms with Crippen molar-refractivity contribution in [1.29, 1.82) is 0 Å². The molecule has 1 aliphatic rings. The molecule has 3 amide bonds. The molecule has 7 nitrogen and oxygen atoms in total. The smallest absolute Gasteiger partial charge is 0.310 e. The van der Waals surface area contributed by atoms with Gasteiger partial charge in [-0.2, -0.15) is 0 Å². The zero-order chi connectivity index (χ0) is 13.0. The Morgan fingerprint density at radius 1 is 1.11 bits per heavy atom. The van der Waals surface area contributed by atoms with Gasteiger partial charge in [-0.3, -0.25) is 15.0 Å². The molecule has 2 rings (SSSR count). The summed E-state index contributed by atoms with van der Waals surface area (Å²) in [5.41, 5.74) is 5.43.